The molecule has 1 aromatic carbocycles. The Bertz CT molecular complexity index is 940. The van der Waals surface area contributed by atoms with E-state index in [1.54, 1.807) is 14.2 Å². The molecule has 0 aliphatic carbocycles. The quantitative estimate of drug-likeness (QED) is 0.0607. The van der Waals surface area contributed by atoms with Gasteiger partial charge in [0.25, 0.3) is 11.4 Å². The molecule has 0 amide bonds. The van der Waals surface area contributed by atoms with E-state index in [2.05, 4.69) is 51.5 Å². The second-order valence-corrected chi connectivity index (χ2v) is 21.4. The third-order valence-electron chi connectivity index (χ3n) is 6.52. The standard InChI is InChI=1S/C28H53N3O8Si2/c1-10-11-12-13-14-15-16-17-26(38-40(4,5)6)28(39-41(7,8)9)27(37-3)24(21-36-2)29-23-19-18-22(30(32)33)20-25(23)31(34)35/h18-20,24,26-29H,10-17,21H2,1-9H3/t24-,26-,27+,28-/m1/s1. The van der Waals surface area contributed by atoms with Crippen molar-refractivity contribution in [3.63, 3.8) is 0 Å². The highest BCUT2D eigenvalue weighted by molar-refractivity contribution is 6.70. The van der Waals surface area contributed by atoms with Crippen molar-refractivity contribution in [1.29, 1.82) is 0 Å². The van der Waals surface area contributed by atoms with Crippen LogP contribution in [-0.4, -0.2) is 71.7 Å². The molecule has 4 atom stereocenters. The van der Waals surface area contributed by atoms with E-state index in [0.717, 1.165) is 25.3 Å². The number of nitrogens with zero attached hydrogens (tertiary/aromatic N) is 2. The van der Waals surface area contributed by atoms with Crippen molar-refractivity contribution in [2.24, 2.45) is 0 Å². The third-order valence-corrected chi connectivity index (χ3v) is 8.51. The zero-order valence-electron chi connectivity index (χ0n) is 26.6. The Kier molecular flexibility index (Phi) is 16.2. The number of rotatable bonds is 22. The number of nitro benzene ring substituents is 2. The number of hydrogen-bond acceptors (Lipinski definition) is 9. The first-order chi connectivity index (χ1) is 19.1. The number of nitro groups is 2. The summed E-state index contributed by atoms with van der Waals surface area (Å²) in [5.74, 6) is 0. The van der Waals surface area contributed by atoms with Gasteiger partial charge in [0.1, 0.15) is 11.8 Å². The Hall–Kier alpha value is -1.91. The molecule has 0 saturated carbocycles. The van der Waals surface area contributed by atoms with E-state index < -0.39 is 50.4 Å². The highest BCUT2D eigenvalue weighted by Gasteiger charge is 2.41. The zero-order valence-corrected chi connectivity index (χ0v) is 28.6. The number of nitrogens with one attached hydrogen (secondary N) is 1. The maximum absolute atomic E-state index is 11.8. The Morgan fingerprint density at radius 2 is 1.41 bits per heavy atom. The number of benzene rings is 1. The lowest BCUT2D eigenvalue weighted by Gasteiger charge is -2.42. The Morgan fingerprint density at radius 3 is 1.90 bits per heavy atom. The lowest BCUT2D eigenvalue weighted by Crippen LogP contribution is -2.56. The van der Waals surface area contributed by atoms with Gasteiger partial charge < -0.3 is 23.6 Å². The fourth-order valence-electron chi connectivity index (χ4n) is 4.84. The average Bonchev–Trinajstić information content (AvgIpc) is 2.86. The predicted octanol–water partition coefficient (Wildman–Crippen LogP) is 7.53. The molecule has 1 aromatic rings. The van der Waals surface area contributed by atoms with Gasteiger partial charge in [-0.3, -0.25) is 20.2 Å². The van der Waals surface area contributed by atoms with Gasteiger partial charge in [-0.05, 0) is 51.8 Å². The van der Waals surface area contributed by atoms with Gasteiger partial charge in [-0.2, -0.15) is 0 Å². The average molecular weight is 616 g/mol. The minimum Gasteiger partial charge on any atom is -0.412 e. The van der Waals surface area contributed by atoms with E-state index >= 15 is 0 Å². The van der Waals surface area contributed by atoms with Gasteiger partial charge >= 0.3 is 0 Å². The van der Waals surface area contributed by atoms with Crippen molar-refractivity contribution in [3.8, 4) is 0 Å². The summed E-state index contributed by atoms with van der Waals surface area (Å²) in [4.78, 5) is 21.8. The molecule has 0 fully saturated rings. The minimum absolute atomic E-state index is 0.145. The van der Waals surface area contributed by atoms with Crippen LogP contribution in [0.25, 0.3) is 0 Å². The summed E-state index contributed by atoms with van der Waals surface area (Å²) in [6, 6.07) is 3.00. The molecule has 236 valence electrons. The molecular formula is C28H53N3O8Si2. The van der Waals surface area contributed by atoms with Crippen LogP contribution in [0, 0.1) is 20.2 Å². The number of anilines is 1. The number of unbranched alkanes of at least 4 members (excludes halogenated alkanes) is 6. The lowest BCUT2D eigenvalue weighted by molar-refractivity contribution is -0.393. The molecular weight excluding hydrogens is 562 g/mol. The number of ether oxygens (including phenoxy) is 2. The molecule has 0 aliphatic heterocycles. The minimum atomic E-state index is -2.11. The SMILES string of the molecule is CCCCCCCCC[C@@H](O[Si](C)(C)C)[C@@H](O[Si](C)(C)C)[C@@H](OC)[C@@H](COC)Nc1ccc([N+](=O)[O-])cc1[N+](=O)[O-]. The molecule has 0 aliphatic rings. The monoisotopic (exact) mass is 615 g/mol. The molecule has 0 aromatic heterocycles. The largest absolute Gasteiger partial charge is 0.412 e. The summed E-state index contributed by atoms with van der Waals surface area (Å²) in [5.41, 5.74) is -0.603. The third kappa shape index (κ3) is 14.2. The molecule has 0 unspecified atom stereocenters. The first kappa shape index (κ1) is 37.1. The number of hydrogen-bond donors (Lipinski definition) is 1. The maximum Gasteiger partial charge on any atom is 0.299 e. The topological polar surface area (TPSA) is 135 Å². The molecule has 0 saturated heterocycles. The van der Waals surface area contributed by atoms with E-state index in [0.29, 0.717) is 0 Å². The maximum atomic E-state index is 11.8. The van der Waals surface area contributed by atoms with Gasteiger partial charge in [0.15, 0.2) is 16.6 Å². The summed E-state index contributed by atoms with van der Waals surface area (Å²) in [6.07, 6.45) is 7.82. The van der Waals surface area contributed by atoms with Crippen molar-refractivity contribution in [2.75, 3.05) is 26.1 Å². The highest BCUT2D eigenvalue weighted by atomic mass is 28.4. The molecule has 13 heteroatoms. The van der Waals surface area contributed by atoms with E-state index in [-0.39, 0.29) is 24.1 Å². The number of methoxy groups -OCH3 is 2. The Balaban J connectivity index is 3.40. The molecule has 11 nitrogen and oxygen atoms in total. The molecule has 0 spiro atoms. The van der Waals surface area contributed by atoms with Gasteiger partial charge in [0.05, 0.1) is 40.8 Å². The summed E-state index contributed by atoms with van der Waals surface area (Å²) in [7, 11) is -0.963. The molecule has 41 heavy (non-hydrogen) atoms. The van der Waals surface area contributed by atoms with Crippen molar-refractivity contribution in [1.82, 2.24) is 0 Å². The zero-order chi connectivity index (χ0) is 31.2. The first-order valence-corrected chi connectivity index (χ1v) is 21.5. The second-order valence-electron chi connectivity index (χ2n) is 12.5. The van der Waals surface area contributed by atoms with Crippen LogP contribution in [-0.2, 0) is 18.3 Å². The molecule has 1 rings (SSSR count). The van der Waals surface area contributed by atoms with Crippen LogP contribution in [0.1, 0.15) is 58.3 Å². The highest BCUT2D eigenvalue weighted by Crippen LogP contribution is 2.32. The van der Waals surface area contributed by atoms with Gasteiger partial charge in [-0.25, -0.2) is 0 Å². The number of non-ortho nitro benzene ring substituents is 1. The van der Waals surface area contributed by atoms with Crippen LogP contribution in [0.4, 0.5) is 17.1 Å². The fourth-order valence-corrected chi connectivity index (χ4v) is 7.10. The van der Waals surface area contributed by atoms with E-state index in [9.17, 15) is 20.2 Å². The summed E-state index contributed by atoms with van der Waals surface area (Å²) < 4.78 is 25.2. The Labute approximate surface area is 248 Å². The molecule has 0 bridgehead atoms. The van der Waals surface area contributed by atoms with Gasteiger partial charge in [0.2, 0.25) is 0 Å². The van der Waals surface area contributed by atoms with Gasteiger partial charge in [0, 0.05) is 20.3 Å². The predicted molar refractivity (Wildman–Crippen MR) is 169 cm³/mol. The van der Waals surface area contributed by atoms with Crippen molar-refractivity contribution in [2.45, 2.75) is 122 Å². The van der Waals surface area contributed by atoms with Gasteiger partial charge in [-0.1, -0.05) is 51.9 Å². The van der Waals surface area contributed by atoms with Crippen LogP contribution in [0.15, 0.2) is 18.2 Å². The van der Waals surface area contributed by atoms with Crippen LogP contribution < -0.4 is 5.32 Å². The smallest absolute Gasteiger partial charge is 0.299 e. The summed E-state index contributed by atoms with van der Waals surface area (Å²) in [6.45, 7) is 15.2. The van der Waals surface area contributed by atoms with E-state index in [4.69, 9.17) is 18.3 Å². The van der Waals surface area contributed by atoms with Crippen molar-refractivity contribution >= 4 is 33.7 Å². The van der Waals surface area contributed by atoms with Crippen molar-refractivity contribution in [3.05, 3.63) is 38.4 Å². The normalized spacial score (nSPS) is 15.2. The van der Waals surface area contributed by atoms with Crippen LogP contribution in [0.3, 0.4) is 0 Å². The first-order valence-electron chi connectivity index (χ1n) is 14.7. The fraction of sp³-hybridized carbons (Fsp3) is 0.786. The summed E-state index contributed by atoms with van der Waals surface area (Å²) in [5, 5.41) is 26.3. The second kappa shape index (κ2) is 17.9. The van der Waals surface area contributed by atoms with Crippen molar-refractivity contribution < 1.29 is 28.2 Å². The van der Waals surface area contributed by atoms with Crippen LogP contribution in [0.5, 0.6) is 0 Å². The molecule has 1 N–H and O–H groups in total. The van der Waals surface area contributed by atoms with E-state index in [1.807, 2.05) is 0 Å². The summed E-state index contributed by atoms with van der Waals surface area (Å²) >= 11 is 0. The molecule has 0 radical (unpaired) electrons. The molecule has 0 heterocycles. The van der Waals surface area contributed by atoms with E-state index in [1.165, 1.54) is 44.2 Å². The lowest BCUT2D eigenvalue weighted by atomic mass is 9.96. The van der Waals surface area contributed by atoms with Crippen LogP contribution in [0.2, 0.25) is 39.3 Å². The Morgan fingerprint density at radius 1 is 0.829 bits per heavy atom. The van der Waals surface area contributed by atoms with Crippen LogP contribution >= 0.6 is 0 Å². The van der Waals surface area contributed by atoms with Gasteiger partial charge in [-0.15, -0.1) is 0 Å².